The Labute approximate surface area is 142 Å². The maximum absolute atomic E-state index is 12.0. The highest BCUT2D eigenvalue weighted by Crippen LogP contribution is 2.29. The van der Waals surface area contributed by atoms with Crippen LogP contribution in [0.5, 0.6) is 0 Å². The summed E-state index contributed by atoms with van der Waals surface area (Å²) in [6, 6.07) is 5.55. The van der Waals surface area contributed by atoms with E-state index in [4.69, 9.17) is 27.9 Å². The van der Waals surface area contributed by atoms with Gasteiger partial charge in [0.05, 0.1) is 10.0 Å². The molecule has 3 rings (SSSR count). The monoisotopic (exact) mass is 356 g/mol. The highest BCUT2D eigenvalue weighted by Gasteiger charge is 2.24. The van der Waals surface area contributed by atoms with Crippen LogP contribution < -0.4 is 5.32 Å². The van der Waals surface area contributed by atoms with E-state index >= 15 is 0 Å². The number of amides is 1. The first-order valence-corrected chi connectivity index (χ1v) is 8.51. The molecular weight excluding hydrogens is 343 g/mol. The molecule has 0 unspecified atom stereocenters. The fourth-order valence-electron chi connectivity index (χ4n) is 2.29. The van der Waals surface area contributed by atoms with E-state index in [2.05, 4.69) is 10.3 Å². The summed E-state index contributed by atoms with van der Waals surface area (Å²) in [5, 5.41) is 4.47. The SMILES string of the molecule is O=C(Nc1ncc(Cc2cccc(Cl)c2Cl)s1)[C@@H]1CCCO1. The van der Waals surface area contributed by atoms with Crippen LogP contribution in [0.15, 0.2) is 24.4 Å². The standard InChI is InChI=1S/C15H14Cl2N2O2S/c16-11-4-1-3-9(13(11)17)7-10-8-18-15(22-10)19-14(20)12-5-2-6-21-12/h1,3-4,8,12H,2,5-7H2,(H,18,19,20)/t12-/m0/s1. The van der Waals surface area contributed by atoms with Gasteiger partial charge in [-0.25, -0.2) is 4.98 Å². The van der Waals surface area contributed by atoms with E-state index in [0.717, 1.165) is 23.3 Å². The van der Waals surface area contributed by atoms with Gasteiger partial charge in [0.2, 0.25) is 0 Å². The number of rotatable bonds is 4. The molecule has 2 aromatic rings. The minimum absolute atomic E-state index is 0.126. The molecule has 0 spiro atoms. The third-order valence-electron chi connectivity index (χ3n) is 3.40. The number of carbonyl (C=O) groups excluding carboxylic acids is 1. The van der Waals surface area contributed by atoms with Crippen molar-refractivity contribution in [3.05, 3.63) is 44.9 Å². The first kappa shape index (κ1) is 15.7. The second kappa shape index (κ2) is 6.96. The summed E-state index contributed by atoms with van der Waals surface area (Å²) in [6.07, 6.45) is 3.71. The molecule has 1 saturated heterocycles. The van der Waals surface area contributed by atoms with Crippen molar-refractivity contribution in [3.63, 3.8) is 0 Å². The van der Waals surface area contributed by atoms with E-state index in [0.29, 0.717) is 28.2 Å². The zero-order valence-corrected chi connectivity index (χ0v) is 14.0. The van der Waals surface area contributed by atoms with E-state index in [9.17, 15) is 4.79 Å². The van der Waals surface area contributed by atoms with E-state index in [1.54, 1.807) is 12.3 Å². The maximum atomic E-state index is 12.0. The Kier molecular flexibility index (Phi) is 4.98. The van der Waals surface area contributed by atoms with Crippen molar-refractivity contribution in [1.82, 2.24) is 4.98 Å². The quantitative estimate of drug-likeness (QED) is 0.894. The molecule has 1 N–H and O–H groups in total. The Morgan fingerprint density at radius 3 is 3.09 bits per heavy atom. The van der Waals surface area contributed by atoms with Gasteiger partial charge in [0, 0.05) is 24.1 Å². The average Bonchev–Trinajstić information content (AvgIpc) is 3.15. The Morgan fingerprint density at radius 2 is 2.32 bits per heavy atom. The van der Waals surface area contributed by atoms with Gasteiger partial charge >= 0.3 is 0 Å². The van der Waals surface area contributed by atoms with Crippen molar-refractivity contribution in [3.8, 4) is 0 Å². The lowest BCUT2D eigenvalue weighted by atomic mass is 10.1. The molecule has 2 heterocycles. The Hall–Kier alpha value is -1.14. The second-order valence-corrected chi connectivity index (χ2v) is 6.91. The molecular formula is C15H14Cl2N2O2S. The van der Waals surface area contributed by atoms with E-state index in [1.807, 2.05) is 12.1 Å². The van der Waals surface area contributed by atoms with Crippen LogP contribution in [0.2, 0.25) is 10.0 Å². The first-order chi connectivity index (χ1) is 10.6. The van der Waals surface area contributed by atoms with Gasteiger partial charge in [0.25, 0.3) is 5.91 Å². The lowest BCUT2D eigenvalue weighted by molar-refractivity contribution is -0.124. The predicted molar refractivity (Wildman–Crippen MR) is 89.0 cm³/mol. The molecule has 1 aromatic carbocycles. The van der Waals surface area contributed by atoms with Crippen LogP contribution in [0.1, 0.15) is 23.3 Å². The Morgan fingerprint density at radius 1 is 1.45 bits per heavy atom. The van der Waals surface area contributed by atoms with Crippen molar-refractivity contribution >= 4 is 45.6 Å². The van der Waals surface area contributed by atoms with Gasteiger partial charge in [0.15, 0.2) is 5.13 Å². The largest absolute Gasteiger partial charge is 0.368 e. The Bertz CT molecular complexity index is 684. The number of benzene rings is 1. The molecule has 22 heavy (non-hydrogen) atoms. The molecule has 0 radical (unpaired) electrons. The zero-order valence-electron chi connectivity index (χ0n) is 11.6. The Balaban J connectivity index is 1.66. The number of hydrogen-bond donors (Lipinski definition) is 1. The molecule has 0 aliphatic carbocycles. The molecule has 1 amide bonds. The summed E-state index contributed by atoms with van der Waals surface area (Å²) in [4.78, 5) is 17.2. The summed E-state index contributed by atoms with van der Waals surface area (Å²) in [5.41, 5.74) is 0.940. The average molecular weight is 357 g/mol. The molecule has 4 nitrogen and oxygen atoms in total. The van der Waals surface area contributed by atoms with E-state index in [-0.39, 0.29) is 12.0 Å². The van der Waals surface area contributed by atoms with Crippen molar-refractivity contribution < 1.29 is 9.53 Å². The number of ether oxygens (including phenoxy) is 1. The highest BCUT2D eigenvalue weighted by molar-refractivity contribution is 7.15. The molecule has 0 saturated carbocycles. The number of nitrogens with zero attached hydrogens (tertiary/aromatic N) is 1. The fourth-order valence-corrected chi connectivity index (χ4v) is 3.52. The zero-order chi connectivity index (χ0) is 15.5. The van der Waals surface area contributed by atoms with Gasteiger partial charge < -0.3 is 4.74 Å². The highest BCUT2D eigenvalue weighted by atomic mass is 35.5. The summed E-state index contributed by atoms with van der Waals surface area (Å²) < 4.78 is 5.35. The minimum atomic E-state index is -0.352. The minimum Gasteiger partial charge on any atom is -0.368 e. The van der Waals surface area contributed by atoms with E-state index in [1.165, 1.54) is 11.3 Å². The van der Waals surface area contributed by atoms with Gasteiger partial charge in [-0.3, -0.25) is 10.1 Å². The van der Waals surface area contributed by atoms with Crippen LogP contribution in [0.3, 0.4) is 0 Å². The first-order valence-electron chi connectivity index (χ1n) is 6.93. The van der Waals surface area contributed by atoms with Crippen molar-refractivity contribution in [2.24, 2.45) is 0 Å². The van der Waals surface area contributed by atoms with Gasteiger partial charge in [-0.05, 0) is 24.5 Å². The number of halogens is 2. The van der Waals surface area contributed by atoms with Crippen molar-refractivity contribution in [2.75, 3.05) is 11.9 Å². The van der Waals surface area contributed by atoms with E-state index < -0.39 is 0 Å². The van der Waals surface area contributed by atoms with Crippen LogP contribution in [-0.4, -0.2) is 23.6 Å². The number of carbonyl (C=O) groups is 1. The van der Waals surface area contributed by atoms with Gasteiger partial charge in [-0.1, -0.05) is 35.3 Å². The maximum Gasteiger partial charge on any atom is 0.255 e. The predicted octanol–water partition coefficient (Wildman–Crippen LogP) is 4.16. The summed E-state index contributed by atoms with van der Waals surface area (Å²) >= 11 is 13.6. The number of nitrogens with one attached hydrogen (secondary N) is 1. The lowest BCUT2D eigenvalue weighted by Gasteiger charge is -2.07. The second-order valence-electron chi connectivity index (χ2n) is 5.01. The van der Waals surface area contributed by atoms with Crippen molar-refractivity contribution in [2.45, 2.75) is 25.4 Å². The number of aromatic nitrogens is 1. The molecule has 1 aliphatic rings. The topological polar surface area (TPSA) is 51.2 Å². The van der Waals surface area contributed by atoms with Crippen LogP contribution in [0.25, 0.3) is 0 Å². The molecule has 0 bridgehead atoms. The molecule has 1 aliphatic heterocycles. The summed E-state index contributed by atoms with van der Waals surface area (Å²) in [7, 11) is 0. The van der Waals surface area contributed by atoms with Crippen LogP contribution >= 0.6 is 34.5 Å². The lowest BCUT2D eigenvalue weighted by Crippen LogP contribution is -2.26. The summed E-state index contributed by atoms with van der Waals surface area (Å²) in [6.45, 7) is 0.647. The van der Waals surface area contributed by atoms with Gasteiger partial charge in [0.1, 0.15) is 6.10 Å². The molecule has 1 aromatic heterocycles. The smallest absolute Gasteiger partial charge is 0.255 e. The van der Waals surface area contributed by atoms with Crippen LogP contribution in [-0.2, 0) is 16.0 Å². The van der Waals surface area contributed by atoms with Crippen molar-refractivity contribution in [1.29, 1.82) is 0 Å². The number of anilines is 1. The number of hydrogen-bond acceptors (Lipinski definition) is 4. The van der Waals surface area contributed by atoms with Gasteiger partial charge in [-0.2, -0.15) is 0 Å². The van der Waals surface area contributed by atoms with Crippen LogP contribution in [0, 0.1) is 0 Å². The fraction of sp³-hybridized carbons (Fsp3) is 0.333. The third kappa shape index (κ3) is 3.60. The molecule has 1 atom stereocenters. The van der Waals surface area contributed by atoms with Crippen LogP contribution in [0.4, 0.5) is 5.13 Å². The van der Waals surface area contributed by atoms with Gasteiger partial charge in [-0.15, -0.1) is 11.3 Å². The normalized spacial score (nSPS) is 17.6. The third-order valence-corrected chi connectivity index (χ3v) is 5.17. The number of thiazole rings is 1. The molecule has 116 valence electrons. The molecule has 1 fully saturated rings. The summed E-state index contributed by atoms with van der Waals surface area (Å²) in [5.74, 6) is -0.126. The molecule has 7 heteroatoms.